The summed E-state index contributed by atoms with van der Waals surface area (Å²) in [4.78, 5) is 25.3. The molecule has 0 aromatic heterocycles. The van der Waals surface area contributed by atoms with Crippen LogP contribution in [0.1, 0.15) is 39.0 Å². The van der Waals surface area contributed by atoms with E-state index in [0.717, 1.165) is 45.2 Å². The Labute approximate surface area is 96.4 Å². The second-order valence-electron chi connectivity index (χ2n) is 5.18. The van der Waals surface area contributed by atoms with E-state index >= 15 is 0 Å². The maximum Gasteiger partial charge on any atom is 0.241 e. The number of nitrogens with zero attached hydrogens (tertiary/aromatic N) is 1. The summed E-state index contributed by atoms with van der Waals surface area (Å²) < 4.78 is 0. The van der Waals surface area contributed by atoms with Gasteiger partial charge in [-0.3, -0.25) is 9.59 Å². The molecule has 1 aliphatic heterocycles. The van der Waals surface area contributed by atoms with E-state index in [2.05, 4.69) is 5.32 Å². The van der Waals surface area contributed by atoms with Crippen molar-refractivity contribution in [1.29, 1.82) is 0 Å². The van der Waals surface area contributed by atoms with Gasteiger partial charge in [-0.1, -0.05) is 13.3 Å². The van der Waals surface area contributed by atoms with Crippen molar-refractivity contribution in [3.63, 3.8) is 0 Å². The van der Waals surface area contributed by atoms with Gasteiger partial charge in [-0.25, -0.2) is 0 Å². The molecule has 4 nitrogen and oxygen atoms in total. The first-order valence-corrected chi connectivity index (χ1v) is 6.18. The molecule has 0 radical (unpaired) electrons. The van der Waals surface area contributed by atoms with Gasteiger partial charge >= 0.3 is 0 Å². The van der Waals surface area contributed by atoms with Crippen molar-refractivity contribution in [2.45, 2.75) is 39.0 Å². The maximum atomic E-state index is 11.8. The Morgan fingerprint density at radius 1 is 1.19 bits per heavy atom. The molecule has 16 heavy (non-hydrogen) atoms. The van der Waals surface area contributed by atoms with E-state index in [4.69, 9.17) is 0 Å². The molecule has 0 unspecified atom stereocenters. The summed E-state index contributed by atoms with van der Waals surface area (Å²) in [6.07, 6.45) is 5.23. The lowest BCUT2D eigenvalue weighted by Gasteiger charge is -2.36. The second kappa shape index (κ2) is 4.44. The van der Waals surface area contributed by atoms with Crippen LogP contribution in [-0.2, 0) is 9.59 Å². The Bertz CT molecular complexity index is 291. The van der Waals surface area contributed by atoms with Gasteiger partial charge in [0.25, 0.3) is 0 Å². The Kier molecular flexibility index (Phi) is 3.17. The number of carbonyl (C=O) groups is 2. The lowest BCUT2D eigenvalue weighted by atomic mass is 9.70. The molecule has 0 atom stereocenters. The fraction of sp³-hybridized carbons (Fsp3) is 0.833. The van der Waals surface area contributed by atoms with Crippen LogP contribution in [0.15, 0.2) is 0 Å². The first-order chi connectivity index (χ1) is 7.62. The van der Waals surface area contributed by atoms with Gasteiger partial charge < -0.3 is 10.2 Å². The second-order valence-corrected chi connectivity index (χ2v) is 5.18. The Morgan fingerprint density at radius 3 is 2.31 bits per heavy atom. The molecule has 2 amide bonds. The number of likely N-dealkylation sites (tertiary alicyclic amines) is 1. The fourth-order valence-corrected chi connectivity index (χ4v) is 2.38. The molecule has 0 aromatic carbocycles. The highest BCUT2D eigenvalue weighted by atomic mass is 16.2. The van der Waals surface area contributed by atoms with Crippen LogP contribution in [0.25, 0.3) is 0 Å². The summed E-state index contributed by atoms with van der Waals surface area (Å²) in [6, 6.07) is 0. The highest BCUT2D eigenvalue weighted by Crippen LogP contribution is 2.40. The average molecular weight is 224 g/mol. The van der Waals surface area contributed by atoms with Crippen LogP contribution in [0.5, 0.6) is 0 Å². The van der Waals surface area contributed by atoms with E-state index in [-0.39, 0.29) is 23.8 Å². The number of hydrogen-bond donors (Lipinski definition) is 1. The van der Waals surface area contributed by atoms with Gasteiger partial charge in [0.15, 0.2) is 0 Å². The maximum absolute atomic E-state index is 11.8. The largest absolute Gasteiger partial charge is 0.347 e. The topological polar surface area (TPSA) is 49.4 Å². The quantitative estimate of drug-likeness (QED) is 0.775. The number of carbonyl (C=O) groups excluding carboxylic acids is 2. The van der Waals surface area contributed by atoms with Crippen molar-refractivity contribution < 1.29 is 9.59 Å². The van der Waals surface area contributed by atoms with Crippen molar-refractivity contribution in [3.8, 4) is 0 Å². The van der Waals surface area contributed by atoms with E-state index in [1.807, 2.05) is 11.8 Å². The van der Waals surface area contributed by atoms with Crippen LogP contribution in [-0.4, -0.2) is 36.3 Å². The normalized spacial score (nSPS) is 22.7. The Morgan fingerprint density at radius 2 is 1.81 bits per heavy atom. The molecule has 0 bridgehead atoms. The van der Waals surface area contributed by atoms with Gasteiger partial charge in [0, 0.05) is 18.5 Å². The first-order valence-electron chi connectivity index (χ1n) is 6.18. The van der Waals surface area contributed by atoms with Crippen molar-refractivity contribution in [1.82, 2.24) is 10.2 Å². The molecular formula is C12H20N2O2. The van der Waals surface area contributed by atoms with Crippen molar-refractivity contribution >= 4 is 11.8 Å². The lowest BCUT2D eigenvalue weighted by molar-refractivity contribution is -0.138. The van der Waals surface area contributed by atoms with Gasteiger partial charge in [-0.2, -0.15) is 0 Å². The Balaban J connectivity index is 1.74. The molecule has 0 aromatic rings. The van der Waals surface area contributed by atoms with Gasteiger partial charge in [0.05, 0.1) is 6.54 Å². The van der Waals surface area contributed by atoms with Crippen LogP contribution in [0.3, 0.4) is 0 Å². The van der Waals surface area contributed by atoms with Gasteiger partial charge in [0.2, 0.25) is 11.8 Å². The summed E-state index contributed by atoms with van der Waals surface area (Å²) in [5.41, 5.74) is -0.203. The third-order valence-corrected chi connectivity index (χ3v) is 3.86. The average Bonchev–Trinajstić information content (AvgIpc) is 2.75. The van der Waals surface area contributed by atoms with E-state index in [1.54, 1.807) is 0 Å². The van der Waals surface area contributed by atoms with Gasteiger partial charge in [0.1, 0.15) is 0 Å². The summed E-state index contributed by atoms with van der Waals surface area (Å²) in [5.74, 6) is 0.111. The van der Waals surface area contributed by atoms with Crippen LogP contribution < -0.4 is 5.32 Å². The summed E-state index contributed by atoms with van der Waals surface area (Å²) in [7, 11) is 0. The molecule has 1 N–H and O–H groups in total. The molecule has 1 heterocycles. The molecular weight excluding hydrogens is 204 g/mol. The van der Waals surface area contributed by atoms with Crippen molar-refractivity contribution in [3.05, 3.63) is 0 Å². The van der Waals surface area contributed by atoms with Crippen LogP contribution in [0, 0.1) is 5.41 Å². The number of amides is 2. The van der Waals surface area contributed by atoms with Crippen LogP contribution >= 0.6 is 0 Å². The number of nitrogens with one attached hydrogen (secondary N) is 1. The monoisotopic (exact) mass is 224 g/mol. The number of rotatable bonds is 3. The predicted octanol–water partition coefficient (Wildman–Crippen LogP) is 0.915. The van der Waals surface area contributed by atoms with Gasteiger partial charge in [-0.05, 0) is 25.7 Å². The summed E-state index contributed by atoms with van der Waals surface area (Å²) in [6.45, 7) is 3.86. The summed E-state index contributed by atoms with van der Waals surface area (Å²) in [5, 5.41) is 2.77. The van der Waals surface area contributed by atoms with Crippen molar-refractivity contribution in [2.24, 2.45) is 5.41 Å². The molecule has 2 aliphatic rings. The molecule has 2 rings (SSSR count). The zero-order chi connectivity index (χ0) is 11.6. The molecule has 90 valence electrons. The standard InChI is InChI=1S/C12H20N2O2/c1-12(5-4-6-12)11(16)13-9-10(15)14-7-2-3-8-14/h2-9H2,1H3,(H,13,16). The molecule has 1 saturated heterocycles. The lowest BCUT2D eigenvalue weighted by Crippen LogP contribution is -2.47. The molecule has 0 spiro atoms. The minimum Gasteiger partial charge on any atom is -0.347 e. The van der Waals surface area contributed by atoms with E-state index in [9.17, 15) is 9.59 Å². The number of hydrogen-bond acceptors (Lipinski definition) is 2. The third kappa shape index (κ3) is 2.20. The molecule has 1 saturated carbocycles. The SMILES string of the molecule is CC1(C(=O)NCC(=O)N2CCCC2)CCC1. The van der Waals surface area contributed by atoms with Crippen LogP contribution in [0.2, 0.25) is 0 Å². The molecule has 2 fully saturated rings. The van der Waals surface area contributed by atoms with E-state index in [0.29, 0.717) is 0 Å². The summed E-state index contributed by atoms with van der Waals surface area (Å²) >= 11 is 0. The fourth-order valence-electron chi connectivity index (χ4n) is 2.38. The van der Waals surface area contributed by atoms with E-state index in [1.165, 1.54) is 0 Å². The Hall–Kier alpha value is -1.06. The minimum atomic E-state index is -0.203. The first kappa shape index (κ1) is 11.4. The zero-order valence-corrected chi connectivity index (χ0v) is 9.92. The highest BCUT2D eigenvalue weighted by molar-refractivity contribution is 5.88. The third-order valence-electron chi connectivity index (χ3n) is 3.86. The zero-order valence-electron chi connectivity index (χ0n) is 9.92. The van der Waals surface area contributed by atoms with Gasteiger partial charge in [-0.15, -0.1) is 0 Å². The molecule has 4 heteroatoms. The highest BCUT2D eigenvalue weighted by Gasteiger charge is 2.39. The molecule has 1 aliphatic carbocycles. The minimum absolute atomic E-state index is 0.0475. The van der Waals surface area contributed by atoms with Crippen LogP contribution in [0.4, 0.5) is 0 Å². The smallest absolute Gasteiger partial charge is 0.241 e. The van der Waals surface area contributed by atoms with Crippen molar-refractivity contribution in [2.75, 3.05) is 19.6 Å². The van der Waals surface area contributed by atoms with E-state index < -0.39 is 0 Å². The predicted molar refractivity (Wildman–Crippen MR) is 60.8 cm³/mol.